The molecule has 2 nitrogen and oxygen atoms in total. The van der Waals surface area contributed by atoms with Crippen molar-refractivity contribution in [3.8, 4) is 11.5 Å². The van der Waals surface area contributed by atoms with Crippen molar-refractivity contribution in [2.45, 2.75) is 13.0 Å². The first kappa shape index (κ1) is 13.6. The smallest absolute Gasteiger partial charge is 0.140 e. The summed E-state index contributed by atoms with van der Waals surface area (Å²) in [5.41, 5.74) is 6.74. The lowest BCUT2D eigenvalue weighted by Crippen LogP contribution is -2.05. The molecule has 0 fully saturated rings. The number of rotatable bonds is 3. The summed E-state index contributed by atoms with van der Waals surface area (Å²) in [7, 11) is 0. The van der Waals surface area contributed by atoms with Crippen LogP contribution in [0.2, 0.25) is 5.02 Å². The van der Waals surface area contributed by atoms with Gasteiger partial charge in [0.25, 0.3) is 0 Å². The molecule has 2 aromatic carbocycles. The van der Waals surface area contributed by atoms with E-state index < -0.39 is 0 Å². The van der Waals surface area contributed by atoms with E-state index in [1.54, 1.807) is 6.07 Å². The number of hydrogen-bond donors (Lipinski definition) is 1. The Kier molecular flexibility index (Phi) is 4.48. The maximum Gasteiger partial charge on any atom is 0.140 e. The summed E-state index contributed by atoms with van der Waals surface area (Å²) >= 11 is 8.40. The molecular formula is C14H13ClINO. The zero-order valence-electron chi connectivity index (χ0n) is 9.86. The van der Waals surface area contributed by atoms with Crippen molar-refractivity contribution in [2.75, 3.05) is 0 Å². The van der Waals surface area contributed by atoms with Crippen LogP contribution in [0.4, 0.5) is 0 Å². The second-order valence-electron chi connectivity index (χ2n) is 4.00. The van der Waals surface area contributed by atoms with Gasteiger partial charge in [-0.15, -0.1) is 0 Å². The van der Waals surface area contributed by atoms with Gasteiger partial charge in [-0.3, -0.25) is 0 Å². The maximum absolute atomic E-state index is 6.17. The number of nitrogens with two attached hydrogens (primary N) is 1. The molecule has 0 bridgehead atoms. The SMILES string of the molecule is CC(N)c1ccc(Oc2ccccc2I)cc1Cl. The second kappa shape index (κ2) is 5.91. The molecule has 0 heterocycles. The Morgan fingerprint density at radius 3 is 2.56 bits per heavy atom. The van der Waals surface area contributed by atoms with Crippen molar-refractivity contribution >= 4 is 34.2 Å². The molecular weight excluding hydrogens is 361 g/mol. The molecule has 0 saturated carbocycles. The number of benzene rings is 2. The Morgan fingerprint density at radius 1 is 1.22 bits per heavy atom. The fourth-order valence-corrected chi connectivity index (χ4v) is 2.44. The van der Waals surface area contributed by atoms with Gasteiger partial charge in [-0.25, -0.2) is 0 Å². The van der Waals surface area contributed by atoms with Crippen molar-refractivity contribution in [1.82, 2.24) is 0 Å². The van der Waals surface area contributed by atoms with Crippen LogP contribution in [0.3, 0.4) is 0 Å². The number of halogens is 2. The molecule has 0 spiro atoms. The van der Waals surface area contributed by atoms with Gasteiger partial charge in [0.15, 0.2) is 0 Å². The molecule has 0 aliphatic heterocycles. The van der Waals surface area contributed by atoms with Crippen LogP contribution in [0, 0.1) is 3.57 Å². The number of ether oxygens (including phenoxy) is 1. The third kappa shape index (κ3) is 3.16. The van der Waals surface area contributed by atoms with Crippen LogP contribution in [0.1, 0.15) is 18.5 Å². The van der Waals surface area contributed by atoms with E-state index in [0.717, 1.165) is 14.9 Å². The summed E-state index contributed by atoms with van der Waals surface area (Å²) in [5.74, 6) is 1.54. The first-order valence-electron chi connectivity index (χ1n) is 5.55. The number of hydrogen-bond acceptors (Lipinski definition) is 2. The van der Waals surface area contributed by atoms with Gasteiger partial charge in [0, 0.05) is 11.1 Å². The van der Waals surface area contributed by atoms with Gasteiger partial charge in [-0.2, -0.15) is 0 Å². The van der Waals surface area contributed by atoms with Gasteiger partial charge in [-0.1, -0.05) is 29.8 Å². The zero-order valence-corrected chi connectivity index (χ0v) is 12.8. The van der Waals surface area contributed by atoms with Crippen molar-refractivity contribution in [3.05, 3.63) is 56.6 Å². The molecule has 0 aliphatic carbocycles. The summed E-state index contributed by atoms with van der Waals surface area (Å²) in [4.78, 5) is 0. The molecule has 0 radical (unpaired) electrons. The van der Waals surface area contributed by atoms with Crippen molar-refractivity contribution in [2.24, 2.45) is 5.73 Å². The van der Waals surface area contributed by atoms with Gasteiger partial charge < -0.3 is 10.5 Å². The van der Waals surface area contributed by atoms with E-state index in [-0.39, 0.29) is 6.04 Å². The predicted octanol–water partition coefficient (Wildman–Crippen LogP) is 4.76. The van der Waals surface area contributed by atoms with E-state index >= 15 is 0 Å². The minimum Gasteiger partial charge on any atom is -0.456 e. The van der Waals surface area contributed by atoms with Gasteiger partial charge >= 0.3 is 0 Å². The van der Waals surface area contributed by atoms with Crippen molar-refractivity contribution in [1.29, 1.82) is 0 Å². The topological polar surface area (TPSA) is 35.2 Å². The van der Waals surface area contributed by atoms with E-state index in [0.29, 0.717) is 10.8 Å². The first-order valence-corrected chi connectivity index (χ1v) is 7.01. The van der Waals surface area contributed by atoms with Crippen LogP contribution < -0.4 is 10.5 Å². The molecule has 0 aromatic heterocycles. The third-order valence-electron chi connectivity index (χ3n) is 2.53. The summed E-state index contributed by atoms with van der Waals surface area (Å²) in [6.45, 7) is 1.90. The van der Waals surface area contributed by atoms with Crippen LogP contribution in [0.25, 0.3) is 0 Å². The largest absolute Gasteiger partial charge is 0.456 e. The summed E-state index contributed by atoms with van der Waals surface area (Å²) in [6, 6.07) is 13.3. The molecule has 94 valence electrons. The highest BCUT2D eigenvalue weighted by atomic mass is 127. The standard InChI is InChI=1S/C14H13ClINO/c1-9(17)11-7-6-10(8-12(11)15)18-14-5-3-2-4-13(14)16/h2-9H,17H2,1H3. The Hall–Kier alpha value is -0.780. The first-order chi connectivity index (χ1) is 8.58. The quantitative estimate of drug-likeness (QED) is 0.788. The van der Waals surface area contributed by atoms with E-state index in [2.05, 4.69) is 22.6 Å². The molecule has 2 N–H and O–H groups in total. The fraction of sp³-hybridized carbons (Fsp3) is 0.143. The molecule has 1 atom stereocenters. The van der Waals surface area contributed by atoms with Gasteiger partial charge in [0.1, 0.15) is 11.5 Å². The van der Waals surface area contributed by atoms with Crippen LogP contribution in [-0.4, -0.2) is 0 Å². The lowest BCUT2D eigenvalue weighted by atomic mass is 10.1. The highest BCUT2D eigenvalue weighted by Gasteiger charge is 2.08. The minimum absolute atomic E-state index is 0.0802. The molecule has 0 amide bonds. The molecule has 4 heteroatoms. The highest BCUT2D eigenvalue weighted by Crippen LogP contribution is 2.31. The monoisotopic (exact) mass is 373 g/mol. The van der Waals surface area contributed by atoms with Crippen LogP contribution in [-0.2, 0) is 0 Å². The minimum atomic E-state index is -0.0802. The lowest BCUT2D eigenvalue weighted by molar-refractivity contribution is 0.479. The lowest BCUT2D eigenvalue weighted by Gasteiger charge is -2.11. The molecule has 0 aliphatic rings. The molecule has 2 aromatic rings. The number of para-hydroxylation sites is 1. The van der Waals surface area contributed by atoms with Crippen LogP contribution in [0.15, 0.2) is 42.5 Å². The van der Waals surface area contributed by atoms with E-state index in [4.69, 9.17) is 22.1 Å². The van der Waals surface area contributed by atoms with Crippen molar-refractivity contribution < 1.29 is 4.74 Å². The van der Waals surface area contributed by atoms with E-state index in [9.17, 15) is 0 Å². The Balaban J connectivity index is 2.26. The van der Waals surface area contributed by atoms with Gasteiger partial charge in [0.05, 0.1) is 3.57 Å². The van der Waals surface area contributed by atoms with E-state index in [1.807, 2.05) is 43.3 Å². The molecule has 1 unspecified atom stereocenters. The highest BCUT2D eigenvalue weighted by molar-refractivity contribution is 14.1. The van der Waals surface area contributed by atoms with Crippen molar-refractivity contribution in [3.63, 3.8) is 0 Å². The van der Waals surface area contributed by atoms with Crippen LogP contribution in [0.5, 0.6) is 11.5 Å². The Labute approximate surface area is 125 Å². The predicted molar refractivity (Wildman–Crippen MR) is 83.3 cm³/mol. The zero-order chi connectivity index (χ0) is 13.1. The Bertz CT molecular complexity index is 557. The summed E-state index contributed by atoms with van der Waals surface area (Å²) in [6.07, 6.45) is 0. The maximum atomic E-state index is 6.17. The van der Waals surface area contributed by atoms with E-state index in [1.165, 1.54) is 0 Å². The van der Waals surface area contributed by atoms with Crippen LogP contribution >= 0.6 is 34.2 Å². The average Bonchev–Trinajstić information content (AvgIpc) is 2.32. The molecule has 18 heavy (non-hydrogen) atoms. The fourth-order valence-electron chi connectivity index (χ4n) is 1.60. The summed E-state index contributed by atoms with van der Waals surface area (Å²) in [5, 5.41) is 0.633. The normalized spacial score (nSPS) is 12.2. The second-order valence-corrected chi connectivity index (χ2v) is 5.57. The Morgan fingerprint density at radius 2 is 1.94 bits per heavy atom. The third-order valence-corrected chi connectivity index (χ3v) is 3.75. The molecule has 2 rings (SSSR count). The van der Waals surface area contributed by atoms with Gasteiger partial charge in [-0.05, 0) is 59.3 Å². The average molecular weight is 374 g/mol. The summed E-state index contributed by atoms with van der Waals surface area (Å²) < 4.78 is 6.85. The van der Waals surface area contributed by atoms with Gasteiger partial charge in [0.2, 0.25) is 0 Å². The molecule has 0 saturated heterocycles.